The van der Waals surface area contributed by atoms with Gasteiger partial charge in [0.15, 0.2) is 0 Å². The van der Waals surface area contributed by atoms with Crippen molar-refractivity contribution in [3.8, 4) is 5.75 Å². The van der Waals surface area contributed by atoms with Crippen molar-refractivity contribution < 1.29 is 24.2 Å². The molecule has 0 bridgehead atoms. The monoisotopic (exact) mass is 461 g/mol. The topological polar surface area (TPSA) is 108 Å². The summed E-state index contributed by atoms with van der Waals surface area (Å²) in [7, 11) is 0. The number of phenolic OH excluding ortho intramolecular Hbond substituents is 1. The molecule has 0 saturated heterocycles. The van der Waals surface area contributed by atoms with E-state index in [0.29, 0.717) is 17.7 Å². The average Bonchev–Trinajstić information content (AvgIpc) is 2.67. The number of alkyl carbamates (subject to hydrolysis) is 1. The van der Waals surface area contributed by atoms with E-state index in [0.717, 1.165) is 32.1 Å². The van der Waals surface area contributed by atoms with Crippen LogP contribution in [0.5, 0.6) is 5.75 Å². The molecule has 8 nitrogen and oxygen atoms in total. The number of aromatic hydroxyl groups is 1. The van der Waals surface area contributed by atoms with Crippen molar-refractivity contribution in [2.24, 2.45) is 0 Å². The van der Waals surface area contributed by atoms with Gasteiger partial charge >= 0.3 is 6.09 Å². The second-order valence-corrected chi connectivity index (χ2v) is 9.76. The van der Waals surface area contributed by atoms with E-state index in [-0.39, 0.29) is 23.6 Å². The van der Waals surface area contributed by atoms with Crippen LogP contribution in [0.1, 0.15) is 83.9 Å². The van der Waals surface area contributed by atoms with Crippen LogP contribution in [0.25, 0.3) is 0 Å². The summed E-state index contributed by atoms with van der Waals surface area (Å²) < 4.78 is 5.29. The van der Waals surface area contributed by atoms with Crippen molar-refractivity contribution in [1.29, 1.82) is 0 Å². The van der Waals surface area contributed by atoms with Crippen molar-refractivity contribution in [2.45, 2.75) is 97.4 Å². The average molecular weight is 462 g/mol. The van der Waals surface area contributed by atoms with Gasteiger partial charge in [-0.1, -0.05) is 31.5 Å². The lowest BCUT2D eigenvalue weighted by Gasteiger charge is -2.43. The lowest BCUT2D eigenvalue weighted by Crippen LogP contribution is -2.56. The molecule has 3 N–H and O–H groups in total. The van der Waals surface area contributed by atoms with Crippen molar-refractivity contribution >= 4 is 17.9 Å². The smallest absolute Gasteiger partial charge is 0.408 e. The Balaban J connectivity index is 2.39. The third-order valence-corrected chi connectivity index (χ3v) is 5.75. The fourth-order valence-corrected chi connectivity index (χ4v) is 3.76. The fraction of sp³-hybridized carbons (Fsp3) is 0.640. The fourth-order valence-electron chi connectivity index (χ4n) is 3.76. The molecule has 2 unspecified atom stereocenters. The highest BCUT2D eigenvalue weighted by molar-refractivity contribution is 5.92. The van der Waals surface area contributed by atoms with Crippen molar-refractivity contribution in [3.05, 3.63) is 29.3 Å². The van der Waals surface area contributed by atoms with E-state index >= 15 is 0 Å². The number of unbranched alkanes of at least 4 members (excludes halogenated alkanes) is 1. The zero-order chi connectivity index (χ0) is 24.8. The van der Waals surface area contributed by atoms with E-state index in [2.05, 4.69) is 10.6 Å². The minimum Gasteiger partial charge on any atom is -0.507 e. The number of amides is 3. The molecule has 0 spiro atoms. The molecule has 8 heteroatoms. The second-order valence-electron chi connectivity index (χ2n) is 9.76. The SMILES string of the molecule is CCCCNC(=O)C(c1cccc(C)c1O)N(C(=O)C(C)NC(=O)OC(C)(C)C)C1CCC1. The Morgan fingerprint density at radius 3 is 2.45 bits per heavy atom. The van der Waals surface area contributed by atoms with Gasteiger partial charge in [-0.05, 0) is 65.9 Å². The molecule has 1 fully saturated rings. The molecule has 0 aromatic heterocycles. The summed E-state index contributed by atoms with van der Waals surface area (Å²) in [4.78, 5) is 40.8. The predicted octanol–water partition coefficient (Wildman–Crippen LogP) is 3.95. The number of benzene rings is 1. The third-order valence-electron chi connectivity index (χ3n) is 5.75. The summed E-state index contributed by atoms with van der Waals surface area (Å²) >= 11 is 0. The Labute approximate surface area is 197 Å². The Bertz CT molecular complexity index is 845. The number of phenols is 1. The highest BCUT2D eigenvalue weighted by Gasteiger charge is 2.41. The highest BCUT2D eigenvalue weighted by Crippen LogP contribution is 2.37. The maximum atomic E-state index is 13.6. The van der Waals surface area contributed by atoms with Crippen LogP contribution in [0.4, 0.5) is 4.79 Å². The largest absolute Gasteiger partial charge is 0.507 e. The van der Waals surface area contributed by atoms with Gasteiger partial charge in [0.2, 0.25) is 11.8 Å². The molecule has 1 aromatic carbocycles. The Hall–Kier alpha value is -2.77. The molecule has 1 aromatic rings. The highest BCUT2D eigenvalue weighted by atomic mass is 16.6. The molecule has 2 rings (SSSR count). The summed E-state index contributed by atoms with van der Waals surface area (Å²) in [5.41, 5.74) is 0.309. The Morgan fingerprint density at radius 1 is 1.24 bits per heavy atom. The third kappa shape index (κ3) is 7.11. The molecule has 1 aliphatic rings. The van der Waals surface area contributed by atoms with Crippen LogP contribution in [0.3, 0.4) is 0 Å². The van der Waals surface area contributed by atoms with Crippen LogP contribution in [-0.4, -0.2) is 52.1 Å². The molecule has 33 heavy (non-hydrogen) atoms. The van der Waals surface area contributed by atoms with E-state index in [4.69, 9.17) is 4.74 Å². The number of rotatable bonds is 9. The molecule has 0 aliphatic heterocycles. The van der Waals surface area contributed by atoms with E-state index in [1.807, 2.05) is 6.92 Å². The first-order chi connectivity index (χ1) is 15.5. The van der Waals surface area contributed by atoms with Gasteiger partial charge in [-0.3, -0.25) is 9.59 Å². The summed E-state index contributed by atoms with van der Waals surface area (Å²) in [5, 5.41) is 16.3. The number of hydrogen-bond acceptors (Lipinski definition) is 5. The number of aryl methyl sites for hydroxylation is 1. The standard InChI is InChI=1S/C25H39N3O5/c1-7-8-15-26-22(30)20(19-14-9-11-16(2)21(19)29)28(18-12-10-13-18)23(31)17(3)27-24(32)33-25(4,5)6/h9,11,14,17-18,20,29H,7-8,10,12-13,15H2,1-6H3,(H,26,30)(H,27,32). The number of nitrogens with zero attached hydrogens (tertiary/aromatic N) is 1. The predicted molar refractivity (Wildman–Crippen MR) is 127 cm³/mol. The number of nitrogens with one attached hydrogen (secondary N) is 2. The minimum absolute atomic E-state index is 0.00183. The molecule has 0 heterocycles. The van der Waals surface area contributed by atoms with Gasteiger partial charge in [0, 0.05) is 18.2 Å². The van der Waals surface area contributed by atoms with Crippen molar-refractivity contribution in [3.63, 3.8) is 0 Å². The molecule has 1 aliphatic carbocycles. The first kappa shape index (κ1) is 26.5. The quantitative estimate of drug-likeness (QED) is 0.483. The Kier molecular flexibility index (Phi) is 9.14. The first-order valence-corrected chi connectivity index (χ1v) is 11.8. The molecule has 184 valence electrons. The van der Waals surface area contributed by atoms with Crippen LogP contribution in [-0.2, 0) is 14.3 Å². The molecular weight excluding hydrogens is 422 g/mol. The molecule has 2 atom stereocenters. The van der Waals surface area contributed by atoms with E-state index < -0.39 is 23.8 Å². The summed E-state index contributed by atoms with van der Waals surface area (Å²) in [5.74, 6) is -0.728. The van der Waals surface area contributed by atoms with Gasteiger partial charge in [-0.25, -0.2) is 4.79 Å². The van der Waals surface area contributed by atoms with Crippen LogP contribution >= 0.6 is 0 Å². The van der Waals surface area contributed by atoms with Gasteiger partial charge in [0.25, 0.3) is 0 Å². The molecule has 1 saturated carbocycles. The summed E-state index contributed by atoms with van der Waals surface area (Å²) in [6, 6.07) is 3.15. The maximum absolute atomic E-state index is 13.6. The van der Waals surface area contributed by atoms with Gasteiger partial charge in [-0.2, -0.15) is 0 Å². The van der Waals surface area contributed by atoms with Crippen LogP contribution < -0.4 is 10.6 Å². The zero-order valence-corrected chi connectivity index (χ0v) is 20.7. The Morgan fingerprint density at radius 2 is 1.91 bits per heavy atom. The van der Waals surface area contributed by atoms with Crippen molar-refractivity contribution in [2.75, 3.05) is 6.54 Å². The molecule has 0 radical (unpaired) electrons. The van der Waals surface area contributed by atoms with Crippen LogP contribution in [0.2, 0.25) is 0 Å². The summed E-state index contributed by atoms with van der Waals surface area (Å²) in [6.07, 6.45) is 3.51. The van der Waals surface area contributed by atoms with Crippen molar-refractivity contribution in [1.82, 2.24) is 15.5 Å². The lowest BCUT2D eigenvalue weighted by atomic mass is 9.87. The number of hydrogen-bond donors (Lipinski definition) is 3. The van der Waals surface area contributed by atoms with E-state index in [9.17, 15) is 19.5 Å². The maximum Gasteiger partial charge on any atom is 0.408 e. The minimum atomic E-state index is -0.998. The lowest BCUT2D eigenvalue weighted by molar-refractivity contribution is -0.147. The van der Waals surface area contributed by atoms with Crippen LogP contribution in [0, 0.1) is 6.92 Å². The summed E-state index contributed by atoms with van der Waals surface area (Å²) in [6.45, 7) is 11.1. The number of carbonyl (C=O) groups excluding carboxylic acids is 3. The second kappa shape index (κ2) is 11.4. The van der Waals surface area contributed by atoms with E-state index in [1.54, 1.807) is 57.7 Å². The zero-order valence-electron chi connectivity index (χ0n) is 20.7. The normalized spacial score (nSPS) is 15.7. The van der Waals surface area contributed by atoms with Gasteiger partial charge < -0.3 is 25.4 Å². The number of carbonyl (C=O) groups is 3. The van der Waals surface area contributed by atoms with Gasteiger partial charge in [0.1, 0.15) is 23.4 Å². The van der Waals surface area contributed by atoms with Gasteiger partial charge in [-0.15, -0.1) is 0 Å². The van der Waals surface area contributed by atoms with Crippen LogP contribution in [0.15, 0.2) is 18.2 Å². The number of ether oxygens (including phenoxy) is 1. The van der Waals surface area contributed by atoms with E-state index in [1.165, 1.54) is 0 Å². The molecule has 3 amide bonds. The molecular formula is C25H39N3O5. The van der Waals surface area contributed by atoms with Gasteiger partial charge in [0.05, 0.1) is 0 Å². The number of para-hydroxylation sites is 1. The first-order valence-electron chi connectivity index (χ1n) is 11.8.